The molecule has 11 heteroatoms. The Morgan fingerprint density at radius 2 is 1.95 bits per heavy atom. The van der Waals surface area contributed by atoms with Crippen LogP contribution >= 0.6 is 0 Å². The van der Waals surface area contributed by atoms with Gasteiger partial charge in [-0.3, -0.25) is 9.78 Å². The fourth-order valence-electron chi connectivity index (χ4n) is 4.33. The maximum atomic E-state index is 14.9. The van der Waals surface area contributed by atoms with Gasteiger partial charge >= 0.3 is 0 Å². The van der Waals surface area contributed by atoms with Gasteiger partial charge in [-0.1, -0.05) is 19.9 Å². The summed E-state index contributed by atoms with van der Waals surface area (Å²) in [7, 11) is 1.58. The highest BCUT2D eigenvalue weighted by Gasteiger charge is 2.24. The van der Waals surface area contributed by atoms with E-state index in [2.05, 4.69) is 30.6 Å². The van der Waals surface area contributed by atoms with E-state index in [0.717, 1.165) is 12.1 Å². The number of anilines is 2. The minimum absolute atomic E-state index is 0.0564. The number of rotatable bonds is 6. The van der Waals surface area contributed by atoms with E-state index in [1.807, 2.05) is 26.0 Å². The van der Waals surface area contributed by atoms with Gasteiger partial charge in [-0.05, 0) is 36.8 Å². The summed E-state index contributed by atoms with van der Waals surface area (Å²) < 4.78 is 21.7. The van der Waals surface area contributed by atoms with Gasteiger partial charge in [0.1, 0.15) is 17.1 Å². The van der Waals surface area contributed by atoms with Crippen LogP contribution in [0, 0.1) is 5.82 Å². The van der Waals surface area contributed by atoms with Gasteiger partial charge in [0.15, 0.2) is 11.5 Å². The summed E-state index contributed by atoms with van der Waals surface area (Å²) in [4.78, 5) is 22.3. The van der Waals surface area contributed by atoms with E-state index in [0.29, 0.717) is 64.7 Å². The molecule has 6 rings (SSSR count). The van der Waals surface area contributed by atoms with Crippen LogP contribution in [0.15, 0.2) is 54.9 Å². The molecule has 1 fully saturated rings. The second-order valence-electron chi connectivity index (χ2n) is 8.37. The Bertz CT molecular complexity index is 1620. The average Bonchev–Trinajstić information content (AvgIpc) is 3.57. The molecule has 194 valence electrons. The lowest BCUT2D eigenvalue weighted by molar-refractivity contribution is -0.117. The largest absolute Gasteiger partial charge is 0.495 e. The van der Waals surface area contributed by atoms with E-state index in [-0.39, 0.29) is 5.91 Å². The van der Waals surface area contributed by atoms with Crippen molar-refractivity contribution in [1.82, 2.24) is 29.8 Å². The number of nitrogens with one attached hydrogen (secondary N) is 1. The number of carbonyl (C=O) groups is 1. The third-order valence-corrected chi connectivity index (χ3v) is 6.16. The Morgan fingerprint density at radius 3 is 2.71 bits per heavy atom. The van der Waals surface area contributed by atoms with Gasteiger partial charge in [0, 0.05) is 30.8 Å². The van der Waals surface area contributed by atoms with Gasteiger partial charge in [-0.2, -0.15) is 9.61 Å². The van der Waals surface area contributed by atoms with Crippen LogP contribution in [0.2, 0.25) is 0 Å². The lowest BCUT2D eigenvalue weighted by atomic mass is 10.1. The van der Waals surface area contributed by atoms with Crippen molar-refractivity contribution in [2.75, 3.05) is 23.9 Å². The highest BCUT2D eigenvalue weighted by molar-refractivity contribution is 5.95. The maximum Gasteiger partial charge on any atom is 0.227 e. The van der Waals surface area contributed by atoms with Crippen molar-refractivity contribution in [3.63, 3.8) is 0 Å². The summed E-state index contributed by atoms with van der Waals surface area (Å²) in [6, 6.07) is 12.0. The average molecular weight is 515 g/mol. The van der Waals surface area contributed by atoms with Crippen LogP contribution in [0.4, 0.5) is 15.8 Å². The fourth-order valence-corrected chi connectivity index (χ4v) is 4.33. The van der Waals surface area contributed by atoms with Crippen molar-refractivity contribution in [3.8, 4) is 17.0 Å². The predicted octanol–water partition coefficient (Wildman–Crippen LogP) is 4.65. The Kier molecular flexibility index (Phi) is 7.07. The van der Waals surface area contributed by atoms with E-state index < -0.39 is 5.82 Å². The van der Waals surface area contributed by atoms with Gasteiger partial charge in [-0.25, -0.2) is 9.37 Å². The van der Waals surface area contributed by atoms with Crippen molar-refractivity contribution >= 4 is 34.0 Å². The molecular formula is C27H27FN8O2. The number of ether oxygens (including phenoxy) is 1. The molecule has 5 heterocycles. The van der Waals surface area contributed by atoms with E-state index in [1.54, 1.807) is 48.3 Å². The lowest BCUT2D eigenvalue weighted by Crippen LogP contribution is -2.24. The molecule has 10 nitrogen and oxygen atoms in total. The molecule has 5 aromatic rings. The summed E-state index contributed by atoms with van der Waals surface area (Å²) in [6.45, 7) is 4.86. The number of methoxy groups -OCH3 is 1. The van der Waals surface area contributed by atoms with Gasteiger partial charge < -0.3 is 15.0 Å². The first kappa shape index (κ1) is 25.0. The summed E-state index contributed by atoms with van der Waals surface area (Å²) in [5.74, 6) is 0.692. The van der Waals surface area contributed by atoms with Crippen LogP contribution in [0.5, 0.6) is 5.75 Å². The smallest absolute Gasteiger partial charge is 0.227 e. The standard InChI is InChI=1S/C25H21FN8O2.C2H6/c1-36-16-12-20-25(29-13-16)19(8-9-27-20)28-14-23-31-30-22-7-5-18(32-34(22)23)15-4-6-21(17(26)11-15)33-10-2-3-24(33)35;1-2/h4-9,11-13H,2-3,10,14H2,1H3,(H,27,28);1-2H3. The molecule has 1 amide bonds. The number of aromatic nitrogens is 6. The molecule has 38 heavy (non-hydrogen) atoms. The van der Waals surface area contributed by atoms with E-state index in [1.165, 1.54) is 11.0 Å². The summed E-state index contributed by atoms with van der Waals surface area (Å²) in [6.07, 6.45) is 4.52. The number of hydrogen-bond donors (Lipinski definition) is 1. The van der Waals surface area contributed by atoms with Gasteiger partial charge in [0.25, 0.3) is 0 Å². The van der Waals surface area contributed by atoms with Crippen LogP contribution in [0.3, 0.4) is 0 Å². The summed E-state index contributed by atoms with van der Waals surface area (Å²) in [5.41, 5.74) is 4.20. The van der Waals surface area contributed by atoms with Crippen molar-refractivity contribution in [2.45, 2.75) is 33.2 Å². The monoisotopic (exact) mass is 514 g/mol. The van der Waals surface area contributed by atoms with Crippen molar-refractivity contribution < 1.29 is 13.9 Å². The Labute approximate surface area is 218 Å². The molecule has 0 bridgehead atoms. The summed E-state index contributed by atoms with van der Waals surface area (Å²) >= 11 is 0. The number of amides is 1. The first-order valence-corrected chi connectivity index (χ1v) is 12.4. The number of carbonyl (C=O) groups excluding carboxylic acids is 1. The highest BCUT2D eigenvalue weighted by Crippen LogP contribution is 2.29. The van der Waals surface area contributed by atoms with E-state index >= 15 is 0 Å². The van der Waals surface area contributed by atoms with Gasteiger partial charge in [0.05, 0.1) is 42.4 Å². The Morgan fingerprint density at radius 1 is 1.08 bits per heavy atom. The van der Waals surface area contributed by atoms with E-state index in [9.17, 15) is 9.18 Å². The van der Waals surface area contributed by atoms with Crippen LogP contribution in [-0.4, -0.2) is 49.3 Å². The molecule has 4 aromatic heterocycles. The van der Waals surface area contributed by atoms with E-state index in [4.69, 9.17) is 4.74 Å². The minimum Gasteiger partial charge on any atom is -0.495 e. The topological polar surface area (TPSA) is 110 Å². The van der Waals surface area contributed by atoms with Gasteiger partial charge in [-0.15, -0.1) is 10.2 Å². The molecule has 0 spiro atoms. The number of halogens is 1. The molecule has 0 saturated carbocycles. The molecule has 0 radical (unpaired) electrons. The zero-order valence-corrected chi connectivity index (χ0v) is 21.3. The zero-order chi connectivity index (χ0) is 26.6. The predicted molar refractivity (Wildman–Crippen MR) is 143 cm³/mol. The second kappa shape index (κ2) is 10.8. The Balaban J connectivity index is 0.00000144. The molecule has 0 atom stereocenters. The van der Waals surface area contributed by atoms with Crippen molar-refractivity contribution in [3.05, 3.63) is 66.5 Å². The van der Waals surface area contributed by atoms with Crippen LogP contribution in [0.25, 0.3) is 27.9 Å². The second-order valence-corrected chi connectivity index (χ2v) is 8.37. The third kappa shape index (κ3) is 4.70. The first-order valence-electron chi connectivity index (χ1n) is 12.4. The molecule has 1 aromatic carbocycles. The normalized spacial score (nSPS) is 13.1. The maximum absolute atomic E-state index is 14.9. The number of fused-ring (bicyclic) bond motifs is 2. The van der Waals surface area contributed by atoms with Crippen LogP contribution in [0.1, 0.15) is 32.5 Å². The molecule has 1 N–H and O–H groups in total. The number of benzene rings is 1. The third-order valence-electron chi connectivity index (χ3n) is 6.16. The van der Waals surface area contributed by atoms with Gasteiger partial charge in [0.2, 0.25) is 5.91 Å². The molecule has 1 aliphatic rings. The summed E-state index contributed by atoms with van der Waals surface area (Å²) in [5, 5.41) is 16.4. The van der Waals surface area contributed by atoms with Crippen molar-refractivity contribution in [1.29, 1.82) is 0 Å². The zero-order valence-electron chi connectivity index (χ0n) is 21.3. The molecule has 0 unspecified atom stereocenters. The minimum atomic E-state index is -0.455. The Hall–Kier alpha value is -4.67. The SMILES string of the molecule is CC.COc1cnc2c(NCc3nnc4ccc(-c5ccc(N6CCCC6=O)c(F)c5)nn34)ccnc2c1. The first-order chi connectivity index (χ1) is 18.6. The highest BCUT2D eigenvalue weighted by atomic mass is 19.1. The molecular weight excluding hydrogens is 487 g/mol. The molecule has 1 aliphatic heterocycles. The van der Waals surface area contributed by atoms with Crippen molar-refractivity contribution in [2.24, 2.45) is 0 Å². The van der Waals surface area contributed by atoms with Crippen LogP contribution < -0.4 is 15.0 Å². The number of nitrogens with zero attached hydrogens (tertiary/aromatic N) is 7. The lowest BCUT2D eigenvalue weighted by Gasteiger charge is -2.17. The fraction of sp³-hybridized carbons (Fsp3) is 0.259. The quantitative estimate of drug-likeness (QED) is 0.349. The molecule has 0 aliphatic carbocycles. The number of pyridine rings is 2. The van der Waals surface area contributed by atoms with Crippen LogP contribution in [-0.2, 0) is 11.3 Å². The number of hydrogen-bond acceptors (Lipinski definition) is 8. The molecule has 1 saturated heterocycles.